The summed E-state index contributed by atoms with van der Waals surface area (Å²) in [5.74, 6) is 2.75. The fourth-order valence-electron chi connectivity index (χ4n) is 1.84. The summed E-state index contributed by atoms with van der Waals surface area (Å²) in [4.78, 5) is 8.74. The molecule has 20 heavy (non-hydrogen) atoms. The molecule has 0 saturated carbocycles. The molecule has 0 aliphatic heterocycles. The number of ether oxygens (including phenoxy) is 1. The second kappa shape index (κ2) is 6.23. The molecule has 0 amide bonds. The molecule has 0 atom stereocenters. The molecule has 0 unspecified atom stereocenters. The molecule has 5 heteroatoms. The molecule has 0 spiro atoms. The van der Waals surface area contributed by atoms with Crippen LogP contribution in [0.2, 0.25) is 0 Å². The minimum atomic E-state index is 0.508. The van der Waals surface area contributed by atoms with Crippen LogP contribution >= 0.6 is 0 Å². The molecular weight excluding hydrogens is 252 g/mol. The first-order chi connectivity index (χ1) is 9.65. The fourth-order valence-corrected chi connectivity index (χ4v) is 1.84. The zero-order valence-corrected chi connectivity index (χ0v) is 12.1. The van der Waals surface area contributed by atoms with E-state index in [0.717, 1.165) is 35.1 Å². The van der Waals surface area contributed by atoms with Crippen molar-refractivity contribution in [3.05, 3.63) is 35.7 Å². The standard InChI is InChI=1S/C15H20N4O/c1-4-13-18-14(16)10(3)15(19-13)17-11-8-6-7-9-12(11)20-5-2/h6-9H,4-5H2,1-3H3,(H3,16,17,18,19). The van der Waals surface area contributed by atoms with E-state index >= 15 is 0 Å². The second-order valence-corrected chi connectivity index (χ2v) is 4.41. The van der Waals surface area contributed by atoms with E-state index in [1.807, 2.05) is 45.0 Å². The van der Waals surface area contributed by atoms with Crippen LogP contribution in [0.25, 0.3) is 0 Å². The molecule has 0 radical (unpaired) electrons. The Hall–Kier alpha value is -2.30. The minimum Gasteiger partial charge on any atom is -0.492 e. The lowest BCUT2D eigenvalue weighted by Crippen LogP contribution is -2.07. The Morgan fingerprint density at radius 1 is 1.20 bits per heavy atom. The van der Waals surface area contributed by atoms with Gasteiger partial charge in [0.15, 0.2) is 0 Å². The smallest absolute Gasteiger partial charge is 0.142 e. The summed E-state index contributed by atoms with van der Waals surface area (Å²) in [6.45, 7) is 6.48. The number of benzene rings is 1. The SMILES string of the molecule is CCOc1ccccc1Nc1nc(CC)nc(N)c1C. The fraction of sp³-hybridized carbons (Fsp3) is 0.333. The Balaban J connectivity index is 2.37. The molecule has 0 bridgehead atoms. The highest BCUT2D eigenvalue weighted by Gasteiger charge is 2.10. The molecular formula is C15H20N4O. The average molecular weight is 272 g/mol. The van der Waals surface area contributed by atoms with Crippen molar-refractivity contribution in [2.75, 3.05) is 17.7 Å². The summed E-state index contributed by atoms with van der Waals surface area (Å²) in [5.41, 5.74) is 7.64. The predicted molar refractivity (Wildman–Crippen MR) is 81.5 cm³/mol. The molecule has 2 aromatic rings. The Morgan fingerprint density at radius 3 is 2.65 bits per heavy atom. The third-order valence-corrected chi connectivity index (χ3v) is 2.99. The van der Waals surface area contributed by atoms with Crippen molar-refractivity contribution < 1.29 is 4.74 Å². The van der Waals surface area contributed by atoms with Crippen molar-refractivity contribution in [1.29, 1.82) is 0 Å². The van der Waals surface area contributed by atoms with Crippen LogP contribution in [-0.2, 0) is 6.42 Å². The van der Waals surface area contributed by atoms with Gasteiger partial charge in [-0.05, 0) is 26.0 Å². The van der Waals surface area contributed by atoms with Gasteiger partial charge in [-0.1, -0.05) is 19.1 Å². The number of rotatable bonds is 5. The van der Waals surface area contributed by atoms with Gasteiger partial charge in [-0.25, -0.2) is 9.97 Å². The van der Waals surface area contributed by atoms with Gasteiger partial charge < -0.3 is 15.8 Å². The van der Waals surface area contributed by atoms with E-state index in [-0.39, 0.29) is 0 Å². The third-order valence-electron chi connectivity index (χ3n) is 2.99. The second-order valence-electron chi connectivity index (χ2n) is 4.41. The molecule has 1 aromatic heterocycles. The summed E-state index contributed by atoms with van der Waals surface area (Å²) >= 11 is 0. The lowest BCUT2D eigenvalue weighted by atomic mass is 10.2. The number of nitrogens with two attached hydrogens (primary N) is 1. The molecule has 0 fully saturated rings. The van der Waals surface area contributed by atoms with E-state index in [1.165, 1.54) is 0 Å². The number of hydrogen-bond acceptors (Lipinski definition) is 5. The molecule has 0 saturated heterocycles. The monoisotopic (exact) mass is 272 g/mol. The molecule has 106 valence electrons. The van der Waals surface area contributed by atoms with Crippen LogP contribution in [0.15, 0.2) is 24.3 Å². The van der Waals surface area contributed by atoms with Crippen molar-refractivity contribution >= 4 is 17.3 Å². The highest BCUT2D eigenvalue weighted by Crippen LogP contribution is 2.29. The van der Waals surface area contributed by atoms with Crippen molar-refractivity contribution in [2.45, 2.75) is 27.2 Å². The lowest BCUT2D eigenvalue weighted by molar-refractivity contribution is 0.342. The van der Waals surface area contributed by atoms with E-state index in [9.17, 15) is 0 Å². The zero-order chi connectivity index (χ0) is 14.5. The Labute approximate surface area is 119 Å². The van der Waals surface area contributed by atoms with Crippen molar-refractivity contribution in [3.63, 3.8) is 0 Å². The molecule has 1 aromatic carbocycles. The van der Waals surface area contributed by atoms with Crippen LogP contribution in [-0.4, -0.2) is 16.6 Å². The first kappa shape index (κ1) is 14.1. The summed E-state index contributed by atoms with van der Waals surface area (Å²) in [5, 5.41) is 3.29. The van der Waals surface area contributed by atoms with Crippen molar-refractivity contribution in [3.8, 4) is 5.75 Å². The number of hydrogen-bond donors (Lipinski definition) is 2. The van der Waals surface area contributed by atoms with E-state index in [0.29, 0.717) is 12.4 Å². The maximum atomic E-state index is 5.93. The molecule has 2 rings (SSSR count). The van der Waals surface area contributed by atoms with Crippen LogP contribution in [0.1, 0.15) is 25.2 Å². The summed E-state index contributed by atoms with van der Waals surface area (Å²) < 4.78 is 5.60. The van der Waals surface area contributed by atoms with E-state index in [2.05, 4.69) is 15.3 Å². The van der Waals surface area contributed by atoms with Gasteiger partial charge in [-0.15, -0.1) is 0 Å². The Morgan fingerprint density at radius 2 is 1.95 bits per heavy atom. The van der Waals surface area contributed by atoms with Gasteiger partial charge in [0.05, 0.1) is 12.3 Å². The molecule has 1 heterocycles. The molecule has 0 aliphatic carbocycles. The number of anilines is 3. The van der Waals surface area contributed by atoms with Crippen molar-refractivity contribution in [2.24, 2.45) is 0 Å². The topological polar surface area (TPSA) is 73.1 Å². The van der Waals surface area contributed by atoms with Gasteiger partial charge in [0.1, 0.15) is 23.2 Å². The quantitative estimate of drug-likeness (QED) is 0.875. The number of nitrogens with zero attached hydrogens (tertiary/aromatic N) is 2. The van der Waals surface area contributed by atoms with Gasteiger partial charge in [0, 0.05) is 12.0 Å². The average Bonchev–Trinajstić information content (AvgIpc) is 2.46. The highest BCUT2D eigenvalue weighted by molar-refractivity contribution is 5.68. The van der Waals surface area contributed by atoms with Gasteiger partial charge in [-0.3, -0.25) is 0 Å². The number of aromatic nitrogens is 2. The van der Waals surface area contributed by atoms with Gasteiger partial charge >= 0.3 is 0 Å². The largest absolute Gasteiger partial charge is 0.492 e. The molecule has 0 aliphatic rings. The molecule has 3 N–H and O–H groups in total. The summed E-state index contributed by atoms with van der Waals surface area (Å²) in [7, 11) is 0. The van der Waals surface area contributed by atoms with Gasteiger partial charge in [0.2, 0.25) is 0 Å². The van der Waals surface area contributed by atoms with Crippen LogP contribution in [0.5, 0.6) is 5.75 Å². The summed E-state index contributed by atoms with van der Waals surface area (Å²) in [6.07, 6.45) is 0.742. The minimum absolute atomic E-state index is 0.508. The number of aryl methyl sites for hydroxylation is 1. The van der Waals surface area contributed by atoms with Crippen LogP contribution < -0.4 is 15.8 Å². The van der Waals surface area contributed by atoms with E-state index in [4.69, 9.17) is 10.5 Å². The Kier molecular flexibility index (Phi) is 4.40. The maximum absolute atomic E-state index is 5.93. The van der Waals surface area contributed by atoms with Gasteiger partial charge in [-0.2, -0.15) is 0 Å². The van der Waals surface area contributed by atoms with Gasteiger partial charge in [0.25, 0.3) is 0 Å². The van der Waals surface area contributed by atoms with Crippen LogP contribution in [0.3, 0.4) is 0 Å². The normalized spacial score (nSPS) is 10.3. The first-order valence-electron chi connectivity index (χ1n) is 6.77. The Bertz CT molecular complexity index is 598. The van der Waals surface area contributed by atoms with Crippen LogP contribution in [0, 0.1) is 6.92 Å². The number of para-hydroxylation sites is 2. The zero-order valence-electron chi connectivity index (χ0n) is 12.1. The first-order valence-corrected chi connectivity index (χ1v) is 6.77. The highest BCUT2D eigenvalue weighted by atomic mass is 16.5. The van der Waals surface area contributed by atoms with E-state index < -0.39 is 0 Å². The van der Waals surface area contributed by atoms with E-state index in [1.54, 1.807) is 0 Å². The lowest BCUT2D eigenvalue weighted by Gasteiger charge is -2.14. The van der Waals surface area contributed by atoms with Crippen LogP contribution in [0.4, 0.5) is 17.3 Å². The number of nitrogens with one attached hydrogen (secondary N) is 1. The summed E-state index contributed by atoms with van der Waals surface area (Å²) in [6, 6.07) is 7.76. The van der Waals surface area contributed by atoms with Crippen molar-refractivity contribution in [1.82, 2.24) is 9.97 Å². The molecule has 5 nitrogen and oxygen atoms in total. The number of nitrogen functional groups attached to an aromatic ring is 1. The predicted octanol–water partition coefficient (Wildman–Crippen LogP) is 3.07. The maximum Gasteiger partial charge on any atom is 0.142 e. The third kappa shape index (κ3) is 2.99.